The zero-order valence-corrected chi connectivity index (χ0v) is 10.7. The van der Waals surface area contributed by atoms with Gasteiger partial charge in [0.05, 0.1) is 0 Å². The molecule has 0 saturated carbocycles. The monoisotopic (exact) mass is 217 g/mol. The molecule has 1 saturated heterocycles. The number of nitrogens with zero attached hydrogens (tertiary/aromatic N) is 2. The van der Waals surface area contributed by atoms with Crippen LogP contribution in [0.3, 0.4) is 0 Å². The van der Waals surface area contributed by atoms with Gasteiger partial charge in [0.2, 0.25) is 5.91 Å². The minimum atomic E-state index is 0. The SMILES string of the molecule is CC.CC(=O)NCCN1CC(N(C)C)C1.[HH]. The van der Waals surface area contributed by atoms with Crippen LogP contribution < -0.4 is 5.32 Å². The topological polar surface area (TPSA) is 35.6 Å². The first-order chi connectivity index (χ1) is 7.09. The van der Waals surface area contributed by atoms with Gasteiger partial charge in [-0.05, 0) is 14.1 Å². The summed E-state index contributed by atoms with van der Waals surface area (Å²) in [7, 11) is 4.21. The largest absolute Gasteiger partial charge is 0.355 e. The summed E-state index contributed by atoms with van der Waals surface area (Å²) in [4.78, 5) is 15.2. The fourth-order valence-electron chi connectivity index (χ4n) is 1.44. The van der Waals surface area contributed by atoms with E-state index in [1.54, 1.807) is 6.92 Å². The van der Waals surface area contributed by atoms with Crippen molar-refractivity contribution in [3.8, 4) is 0 Å². The number of carbonyl (C=O) groups is 1. The predicted molar refractivity (Wildman–Crippen MR) is 66.1 cm³/mol. The van der Waals surface area contributed by atoms with Crippen molar-refractivity contribution in [2.24, 2.45) is 0 Å². The molecule has 0 radical (unpaired) electrons. The molecule has 0 aromatic carbocycles. The number of likely N-dealkylation sites (tertiary alicyclic amines) is 1. The van der Waals surface area contributed by atoms with Gasteiger partial charge in [-0.15, -0.1) is 0 Å². The fraction of sp³-hybridized carbons (Fsp3) is 0.909. The van der Waals surface area contributed by atoms with Gasteiger partial charge >= 0.3 is 0 Å². The molecule has 92 valence electrons. The molecule has 0 aromatic heterocycles. The second-order valence-corrected chi connectivity index (χ2v) is 3.86. The Labute approximate surface area is 95.1 Å². The zero-order chi connectivity index (χ0) is 11.8. The maximum absolute atomic E-state index is 10.6. The molecule has 0 unspecified atom stereocenters. The predicted octanol–water partition coefficient (Wildman–Crippen LogP) is 0.641. The Balaban J connectivity index is 0. The highest BCUT2D eigenvalue weighted by Crippen LogP contribution is 2.10. The molecule has 1 heterocycles. The Morgan fingerprint density at radius 1 is 1.47 bits per heavy atom. The van der Waals surface area contributed by atoms with Crippen LogP contribution in [0.4, 0.5) is 0 Å². The lowest BCUT2D eigenvalue weighted by molar-refractivity contribution is -0.119. The van der Waals surface area contributed by atoms with E-state index >= 15 is 0 Å². The van der Waals surface area contributed by atoms with Gasteiger partial charge in [0.25, 0.3) is 0 Å². The Morgan fingerprint density at radius 2 is 2.00 bits per heavy atom. The van der Waals surface area contributed by atoms with Crippen LogP contribution in [0.1, 0.15) is 22.2 Å². The van der Waals surface area contributed by atoms with Gasteiger partial charge in [-0.25, -0.2) is 0 Å². The van der Waals surface area contributed by atoms with Crippen molar-refractivity contribution in [1.82, 2.24) is 15.1 Å². The van der Waals surface area contributed by atoms with E-state index in [4.69, 9.17) is 0 Å². The zero-order valence-electron chi connectivity index (χ0n) is 10.7. The second-order valence-electron chi connectivity index (χ2n) is 3.86. The third-order valence-electron chi connectivity index (χ3n) is 2.47. The van der Waals surface area contributed by atoms with Gasteiger partial charge < -0.3 is 10.2 Å². The summed E-state index contributed by atoms with van der Waals surface area (Å²) < 4.78 is 0. The molecular weight excluding hydrogens is 190 g/mol. The lowest BCUT2D eigenvalue weighted by Gasteiger charge is -2.42. The molecule has 1 fully saturated rings. The van der Waals surface area contributed by atoms with Crippen LogP contribution in [0.25, 0.3) is 0 Å². The minimum Gasteiger partial charge on any atom is -0.355 e. The highest BCUT2D eigenvalue weighted by Gasteiger charge is 2.27. The molecule has 4 heteroatoms. The summed E-state index contributed by atoms with van der Waals surface area (Å²) in [5, 5.41) is 2.79. The molecule has 1 amide bonds. The molecule has 0 atom stereocenters. The fourth-order valence-corrected chi connectivity index (χ4v) is 1.44. The van der Waals surface area contributed by atoms with E-state index in [2.05, 4.69) is 29.2 Å². The van der Waals surface area contributed by atoms with Gasteiger partial charge in [-0.2, -0.15) is 0 Å². The van der Waals surface area contributed by atoms with E-state index in [1.165, 1.54) is 0 Å². The first-order valence-corrected chi connectivity index (χ1v) is 5.73. The maximum Gasteiger partial charge on any atom is 0.216 e. The van der Waals surface area contributed by atoms with Crippen LogP contribution in [0.15, 0.2) is 0 Å². The van der Waals surface area contributed by atoms with E-state index in [-0.39, 0.29) is 7.33 Å². The van der Waals surface area contributed by atoms with E-state index in [0.717, 1.165) is 26.2 Å². The number of amides is 1. The van der Waals surface area contributed by atoms with E-state index in [1.807, 2.05) is 13.8 Å². The molecule has 0 aromatic rings. The summed E-state index contributed by atoms with van der Waals surface area (Å²) in [6, 6.07) is 0.706. The van der Waals surface area contributed by atoms with Crippen LogP contribution in [0, 0.1) is 0 Å². The molecule has 0 bridgehead atoms. The normalized spacial score (nSPS) is 16.7. The molecule has 0 spiro atoms. The van der Waals surface area contributed by atoms with Crippen molar-refractivity contribution in [1.29, 1.82) is 0 Å². The lowest BCUT2D eigenvalue weighted by Crippen LogP contribution is -2.58. The summed E-state index contributed by atoms with van der Waals surface area (Å²) in [6.45, 7) is 9.57. The van der Waals surface area contributed by atoms with Crippen molar-refractivity contribution in [3.63, 3.8) is 0 Å². The molecular formula is C11H27N3O. The van der Waals surface area contributed by atoms with Gasteiger partial charge in [-0.3, -0.25) is 9.69 Å². The van der Waals surface area contributed by atoms with Crippen molar-refractivity contribution >= 4 is 5.91 Å². The minimum absolute atomic E-state index is 0. The Bertz CT molecular complexity index is 182. The van der Waals surface area contributed by atoms with Crippen LogP contribution in [0.2, 0.25) is 0 Å². The average molecular weight is 217 g/mol. The van der Waals surface area contributed by atoms with Gasteiger partial charge in [0.15, 0.2) is 0 Å². The Morgan fingerprint density at radius 3 is 2.40 bits per heavy atom. The lowest BCUT2D eigenvalue weighted by atomic mass is 10.1. The number of likely N-dealkylation sites (N-methyl/N-ethyl adjacent to an activating group) is 1. The van der Waals surface area contributed by atoms with Gasteiger partial charge in [-0.1, -0.05) is 13.8 Å². The smallest absolute Gasteiger partial charge is 0.216 e. The van der Waals surface area contributed by atoms with Crippen LogP contribution in [0.5, 0.6) is 0 Å². The number of hydrogen-bond donors (Lipinski definition) is 1. The molecule has 1 N–H and O–H groups in total. The average Bonchev–Trinajstić information content (AvgIpc) is 2.11. The van der Waals surface area contributed by atoms with Gasteiger partial charge in [0.1, 0.15) is 0 Å². The van der Waals surface area contributed by atoms with Crippen molar-refractivity contribution in [3.05, 3.63) is 0 Å². The molecule has 1 aliphatic rings. The molecule has 15 heavy (non-hydrogen) atoms. The van der Waals surface area contributed by atoms with E-state index < -0.39 is 0 Å². The van der Waals surface area contributed by atoms with Crippen LogP contribution in [-0.4, -0.2) is 62.0 Å². The van der Waals surface area contributed by atoms with Crippen molar-refractivity contribution in [2.45, 2.75) is 26.8 Å². The number of rotatable bonds is 4. The van der Waals surface area contributed by atoms with Gasteiger partial charge in [0, 0.05) is 40.6 Å². The maximum atomic E-state index is 10.6. The highest BCUT2D eigenvalue weighted by atomic mass is 16.1. The quantitative estimate of drug-likeness (QED) is 0.750. The van der Waals surface area contributed by atoms with Crippen LogP contribution >= 0.6 is 0 Å². The summed E-state index contributed by atoms with van der Waals surface area (Å²) in [5.41, 5.74) is 0. The third kappa shape index (κ3) is 5.74. The van der Waals surface area contributed by atoms with E-state index in [0.29, 0.717) is 6.04 Å². The number of carbonyl (C=O) groups excluding carboxylic acids is 1. The standard InChI is InChI=1S/C9H19N3O.C2H6.H2/c1-8(13)10-4-5-12-6-9(7-12)11(2)3;1-2;/h9H,4-7H2,1-3H3,(H,10,13);1-2H3;1H. The highest BCUT2D eigenvalue weighted by molar-refractivity contribution is 5.72. The summed E-state index contributed by atoms with van der Waals surface area (Å²) >= 11 is 0. The Kier molecular flexibility index (Phi) is 7.34. The molecule has 1 rings (SSSR count). The number of nitrogens with one attached hydrogen (secondary N) is 1. The first kappa shape index (κ1) is 14.4. The van der Waals surface area contributed by atoms with Crippen LogP contribution in [-0.2, 0) is 4.79 Å². The summed E-state index contributed by atoms with van der Waals surface area (Å²) in [5.74, 6) is 0.0599. The molecule has 4 nitrogen and oxygen atoms in total. The summed E-state index contributed by atoms with van der Waals surface area (Å²) in [6.07, 6.45) is 0. The molecule has 0 aliphatic carbocycles. The van der Waals surface area contributed by atoms with E-state index in [9.17, 15) is 4.79 Å². The first-order valence-electron chi connectivity index (χ1n) is 5.73. The van der Waals surface area contributed by atoms with Crippen molar-refractivity contribution < 1.29 is 6.22 Å². The third-order valence-corrected chi connectivity index (χ3v) is 2.47. The van der Waals surface area contributed by atoms with Crippen molar-refractivity contribution in [2.75, 3.05) is 40.3 Å². The molecule has 1 aliphatic heterocycles. The second kappa shape index (κ2) is 7.65. The Hall–Kier alpha value is -0.610. The number of hydrogen-bond acceptors (Lipinski definition) is 3.